The molecule has 0 aliphatic heterocycles. The van der Waals surface area contributed by atoms with E-state index in [0.29, 0.717) is 5.69 Å². The maximum atomic E-state index is 5.84. The summed E-state index contributed by atoms with van der Waals surface area (Å²) in [6, 6.07) is 7.74. The number of hydrogen-bond donors (Lipinski definition) is 1. The van der Waals surface area contributed by atoms with E-state index in [1.54, 1.807) is 18.0 Å². The first-order chi connectivity index (χ1) is 8.69. The summed E-state index contributed by atoms with van der Waals surface area (Å²) >= 11 is 7.52. The van der Waals surface area contributed by atoms with Crippen LogP contribution in [-0.4, -0.2) is 9.97 Å². The van der Waals surface area contributed by atoms with Gasteiger partial charge in [0.05, 0.1) is 23.3 Å². The first-order valence-electron chi connectivity index (χ1n) is 5.67. The number of rotatable bonds is 4. The second-order valence-electron chi connectivity index (χ2n) is 3.78. The van der Waals surface area contributed by atoms with E-state index >= 15 is 0 Å². The molecule has 3 nitrogen and oxygen atoms in total. The van der Waals surface area contributed by atoms with E-state index in [9.17, 15) is 0 Å². The molecular formula is C13H14ClN3S. The van der Waals surface area contributed by atoms with Crippen molar-refractivity contribution in [1.82, 2.24) is 9.97 Å². The van der Waals surface area contributed by atoms with Crippen LogP contribution in [0.4, 0.5) is 5.69 Å². The number of hydrogen-bond acceptors (Lipinski definition) is 4. The predicted octanol–water partition coefficient (Wildman–Crippen LogP) is 3.57. The van der Waals surface area contributed by atoms with E-state index in [1.165, 1.54) is 0 Å². The average molecular weight is 280 g/mol. The minimum atomic E-state index is 0.665. The van der Waals surface area contributed by atoms with Crippen molar-refractivity contribution in [2.45, 2.75) is 24.0 Å². The number of thioether (sulfide) groups is 1. The molecule has 0 spiro atoms. The molecule has 0 aliphatic rings. The summed E-state index contributed by atoms with van der Waals surface area (Å²) in [7, 11) is 0. The fourth-order valence-electron chi connectivity index (χ4n) is 1.50. The zero-order chi connectivity index (χ0) is 13.0. The van der Waals surface area contributed by atoms with Gasteiger partial charge in [0.1, 0.15) is 5.82 Å². The lowest BCUT2D eigenvalue weighted by atomic mass is 10.3. The highest BCUT2D eigenvalue weighted by Gasteiger charge is 2.03. The second-order valence-corrected chi connectivity index (χ2v) is 5.27. The summed E-state index contributed by atoms with van der Waals surface area (Å²) in [5, 5.41) is 0.747. The highest BCUT2D eigenvalue weighted by Crippen LogP contribution is 2.23. The van der Waals surface area contributed by atoms with Gasteiger partial charge >= 0.3 is 0 Å². The van der Waals surface area contributed by atoms with E-state index in [1.807, 2.05) is 31.2 Å². The number of nitrogens with two attached hydrogens (primary N) is 1. The van der Waals surface area contributed by atoms with E-state index in [0.717, 1.165) is 33.6 Å². The molecule has 5 heteroatoms. The van der Waals surface area contributed by atoms with Crippen LogP contribution < -0.4 is 5.73 Å². The highest BCUT2D eigenvalue weighted by molar-refractivity contribution is 7.98. The van der Waals surface area contributed by atoms with Crippen LogP contribution in [0.1, 0.15) is 18.4 Å². The molecule has 2 rings (SSSR count). The molecule has 0 atom stereocenters. The molecule has 0 amide bonds. The normalized spacial score (nSPS) is 10.6. The Hall–Kier alpha value is -1.26. The number of anilines is 1. The second kappa shape index (κ2) is 6.07. The average Bonchev–Trinajstić information content (AvgIpc) is 2.39. The molecular weight excluding hydrogens is 266 g/mol. The summed E-state index contributed by atoms with van der Waals surface area (Å²) < 4.78 is 0. The molecule has 1 aromatic heterocycles. The summed E-state index contributed by atoms with van der Waals surface area (Å²) in [6.07, 6.45) is 2.51. The zero-order valence-corrected chi connectivity index (χ0v) is 11.6. The lowest BCUT2D eigenvalue weighted by Crippen LogP contribution is -2.02. The monoisotopic (exact) mass is 279 g/mol. The van der Waals surface area contributed by atoms with Crippen molar-refractivity contribution >= 4 is 29.1 Å². The van der Waals surface area contributed by atoms with Gasteiger partial charge < -0.3 is 5.73 Å². The topological polar surface area (TPSA) is 51.8 Å². The van der Waals surface area contributed by atoms with Crippen molar-refractivity contribution in [3.8, 4) is 0 Å². The Kier molecular flexibility index (Phi) is 4.44. The summed E-state index contributed by atoms with van der Waals surface area (Å²) in [5.41, 5.74) is 7.36. The van der Waals surface area contributed by atoms with Crippen molar-refractivity contribution in [3.05, 3.63) is 47.0 Å². The van der Waals surface area contributed by atoms with Crippen molar-refractivity contribution in [3.63, 3.8) is 0 Å². The molecule has 0 fully saturated rings. The van der Waals surface area contributed by atoms with Gasteiger partial charge in [-0.05, 0) is 30.7 Å². The molecule has 18 heavy (non-hydrogen) atoms. The number of nitrogen functional groups attached to an aromatic ring is 1. The zero-order valence-electron chi connectivity index (χ0n) is 10.1. The van der Waals surface area contributed by atoms with Crippen LogP contribution in [0.5, 0.6) is 0 Å². The van der Waals surface area contributed by atoms with Crippen LogP contribution in [0.3, 0.4) is 0 Å². The van der Waals surface area contributed by atoms with Gasteiger partial charge in [-0.15, -0.1) is 11.8 Å². The van der Waals surface area contributed by atoms with Crippen molar-refractivity contribution in [2.75, 3.05) is 5.73 Å². The van der Waals surface area contributed by atoms with Gasteiger partial charge in [-0.25, -0.2) is 9.97 Å². The van der Waals surface area contributed by atoms with Gasteiger partial charge in [0, 0.05) is 9.92 Å². The van der Waals surface area contributed by atoms with E-state index in [4.69, 9.17) is 17.3 Å². The quantitative estimate of drug-likeness (QED) is 0.870. The van der Waals surface area contributed by atoms with Crippen LogP contribution in [-0.2, 0) is 12.2 Å². The summed E-state index contributed by atoms with van der Waals surface area (Å²) in [4.78, 5) is 9.83. The summed E-state index contributed by atoms with van der Waals surface area (Å²) in [6.45, 7) is 2.04. The molecule has 94 valence electrons. The molecule has 1 aromatic carbocycles. The predicted molar refractivity (Wildman–Crippen MR) is 76.8 cm³/mol. The van der Waals surface area contributed by atoms with Crippen LogP contribution in [0.15, 0.2) is 35.4 Å². The maximum absolute atomic E-state index is 5.84. The third-order valence-corrected chi connectivity index (χ3v) is 3.73. The summed E-state index contributed by atoms with van der Waals surface area (Å²) in [5.74, 6) is 1.54. The Morgan fingerprint density at radius 2 is 2.00 bits per heavy atom. The van der Waals surface area contributed by atoms with Crippen LogP contribution in [0, 0.1) is 0 Å². The van der Waals surface area contributed by atoms with Gasteiger partial charge in [0.15, 0.2) is 0 Å². The lowest BCUT2D eigenvalue weighted by molar-refractivity contribution is 0.945. The number of nitrogens with zero attached hydrogens (tertiary/aromatic N) is 2. The number of halogens is 1. The minimum absolute atomic E-state index is 0.665. The van der Waals surface area contributed by atoms with Crippen molar-refractivity contribution in [1.29, 1.82) is 0 Å². The van der Waals surface area contributed by atoms with Gasteiger partial charge in [0.2, 0.25) is 0 Å². The third-order valence-electron chi connectivity index (χ3n) is 2.47. The molecule has 1 heterocycles. The van der Waals surface area contributed by atoms with E-state index in [2.05, 4.69) is 9.97 Å². The first-order valence-corrected chi connectivity index (χ1v) is 7.04. The van der Waals surface area contributed by atoms with E-state index in [-0.39, 0.29) is 0 Å². The Labute approximate surface area is 116 Å². The van der Waals surface area contributed by atoms with Gasteiger partial charge in [-0.2, -0.15) is 0 Å². The standard InChI is InChI=1S/C13H14ClN3S/c1-2-12-11(15)7-16-13(17-12)8-18-10-5-3-9(14)4-6-10/h3-7H,2,8,15H2,1H3. The maximum Gasteiger partial charge on any atom is 0.138 e. The first kappa shape index (κ1) is 13.2. The molecule has 0 unspecified atom stereocenters. The molecule has 0 aliphatic carbocycles. The number of aromatic nitrogens is 2. The third kappa shape index (κ3) is 3.37. The SMILES string of the molecule is CCc1nc(CSc2ccc(Cl)cc2)ncc1N. The highest BCUT2D eigenvalue weighted by atomic mass is 35.5. The van der Waals surface area contributed by atoms with Gasteiger partial charge in [-0.1, -0.05) is 18.5 Å². The molecule has 2 N–H and O–H groups in total. The van der Waals surface area contributed by atoms with Crippen LogP contribution in [0.2, 0.25) is 5.02 Å². The number of benzene rings is 1. The Morgan fingerprint density at radius 3 is 2.67 bits per heavy atom. The largest absolute Gasteiger partial charge is 0.396 e. The fraction of sp³-hybridized carbons (Fsp3) is 0.231. The Bertz CT molecular complexity index is 528. The van der Waals surface area contributed by atoms with Gasteiger partial charge in [0.25, 0.3) is 0 Å². The van der Waals surface area contributed by atoms with Crippen molar-refractivity contribution in [2.24, 2.45) is 0 Å². The smallest absolute Gasteiger partial charge is 0.138 e. The van der Waals surface area contributed by atoms with Crippen molar-refractivity contribution < 1.29 is 0 Å². The Morgan fingerprint density at radius 1 is 1.28 bits per heavy atom. The lowest BCUT2D eigenvalue weighted by Gasteiger charge is -2.05. The molecule has 0 radical (unpaired) electrons. The fourth-order valence-corrected chi connectivity index (χ4v) is 2.39. The molecule has 0 saturated carbocycles. The van der Waals surface area contributed by atoms with Crippen LogP contribution in [0.25, 0.3) is 0 Å². The van der Waals surface area contributed by atoms with Gasteiger partial charge in [-0.3, -0.25) is 0 Å². The minimum Gasteiger partial charge on any atom is -0.396 e. The number of aryl methyl sites for hydroxylation is 1. The Balaban J connectivity index is 2.04. The molecule has 0 saturated heterocycles. The molecule has 2 aromatic rings. The molecule has 0 bridgehead atoms. The van der Waals surface area contributed by atoms with Crippen LogP contribution >= 0.6 is 23.4 Å². The van der Waals surface area contributed by atoms with E-state index < -0.39 is 0 Å².